The van der Waals surface area contributed by atoms with E-state index in [0.717, 1.165) is 24.8 Å². The molecule has 1 N–H and O–H groups in total. The van der Waals surface area contributed by atoms with Gasteiger partial charge in [0.2, 0.25) is 0 Å². The Morgan fingerprint density at radius 2 is 1.96 bits per heavy atom. The number of rotatable bonds is 4. The van der Waals surface area contributed by atoms with Crippen molar-refractivity contribution < 1.29 is 0 Å². The molecule has 1 saturated carbocycles. The van der Waals surface area contributed by atoms with Crippen molar-refractivity contribution in [3.05, 3.63) is 58.6 Å². The summed E-state index contributed by atoms with van der Waals surface area (Å²) < 4.78 is 1.50. The Kier molecular flexibility index (Phi) is 4.57. The minimum Gasteiger partial charge on any atom is -0.367 e. The van der Waals surface area contributed by atoms with Crippen LogP contribution in [0.5, 0.6) is 0 Å². The number of likely N-dealkylation sites (tertiary alicyclic amines) is 1. The van der Waals surface area contributed by atoms with Gasteiger partial charge in [-0.25, -0.2) is 4.98 Å². The van der Waals surface area contributed by atoms with Gasteiger partial charge in [0.25, 0.3) is 5.56 Å². The van der Waals surface area contributed by atoms with E-state index in [1.807, 2.05) is 0 Å². The van der Waals surface area contributed by atoms with E-state index in [9.17, 15) is 4.79 Å². The van der Waals surface area contributed by atoms with Crippen LogP contribution in [0, 0.1) is 11.8 Å². The summed E-state index contributed by atoms with van der Waals surface area (Å²) in [6, 6.07) is 12.8. The molecule has 5 heteroatoms. The Bertz CT molecular complexity index is 773. The van der Waals surface area contributed by atoms with E-state index < -0.39 is 0 Å². The normalized spacial score (nSPS) is 26.4. The molecular weight excluding hydrogens is 312 g/mol. The summed E-state index contributed by atoms with van der Waals surface area (Å²) in [6.07, 6.45) is 5.19. The lowest BCUT2D eigenvalue weighted by Gasteiger charge is -2.31. The van der Waals surface area contributed by atoms with Crippen molar-refractivity contribution in [2.75, 3.05) is 18.4 Å². The van der Waals surface area contributed by atoms with Crippen LogP contribution in [0.1, 0.15) is 24.8 Å². The molecule has 1 aromatic heterocycles. The quantitative estimate of drug-likeness (QED) is 0.931. The summed E-state index contributed by atoms with van der Waals surface area (Å²) in [7, 11) is 1.73. The summed E-state index contributed by atoms with van der Waals surface area (Å²) in [5.41, 5.74) is 1.39. The van der Waals surface area contributed by atoms with Crippen molar-refractivity contribution in [2.24, 2.45) is 18.9 Å². The summed E-state index contributed by atoms with van der Waals surface area (Å²) in [6.45, 7) is 3.46. The zero-order valence-corrected chi connectivity index (χ0v) is 14.8. The molecular formula is C20H26N4O. The molecule has 2 fully saturated rings. The number of aromatic nitrogens is 2. The molecule has 5 nitrogen and oxygen atoms in total. The van der Waals surface area contributed by atoms with Gasteiger partial charge in [-0.15, -0.1) is 0 Å². The fraction of sp³-hybridized carbons (Fsp3) is 0.500. The molecule has 132 valence electrons. The lowest BCUT2D eigenvalue weighted by molar-refractivity contribution is 0.281. The van der Waals surface area contributed by atoms with Crippen molar-refractivity contribution in [1.29, 1.82) is 0 Å². The highest BCUT2D eigenvalue weighted by Crippen LogP contribution is 2.37. The number of fused-ring (bicyclic) bond motifs is 1. The first-order chi connectivity index (χ1) is 12.2. The molecule has 0 amide bonds. The molecule has 1 unspecified atom stereocenters. The Balaban J connectivity index is 1.35. The predicted molar refractivity (Wildman–Crippen MR) is 99.4 cm³/mol. The molecule has 25 heavy (non-hydrogen) atoms. The van der Waals surface area contributed by atoms with Gasteiger partial charge in [-0.3, -0.25) is 9.69 Å². The monoisotopic (exact) mass is 338 g/mol. The van der Waals surface area contributed by atoms with Gasteiger partial charge < -0.3 is 9.88 Å². The predicted octanol–water partition coefficient (Wildman–Crippen LogP) is 2.49. The third-order valence-corrected chi connectivity index (χ3v) is 5.70. The molecule has 2 heterocycles. The van der Waals surface area contributed by atoms with Crippen LogP contribution >= 0.6 is 0 Å². The van der Waals surface area contributed by atoms with E-state index in [4.69, 9.17) is 0 Å². The number of nitrogens with one attached hydrogen (secondary N) is 1. The summed E-state index contributed by atoms with van der Waals surface area (Å²) >= 11 is 0. The van der Waals surface area contributed by atoms with Crippen LogP contribution in [0.3, 0.4) is 0 Å². The van der Waals surface area contributed by atoms with Gasteiger partial charge in [0.05, 0.1) is 6.33 Å². The smallest absolute Gasteiger partial charge is 0.255 e. The molecule has 3 atom stereocenters. The van der Waals surface area contributed by atoms with E-state index in [1.54, 1.807) is 19.4 Å². The van der Waals surface area contributed by atoms with Gasteiger partial charge in [-0.1, -0.05) is 30.3 Å². The number of aryl methyl sites for hydroxylation is 1. The van der Waals surface area contributed by atoms with E-state index in [0.29, 0.717) is 11.9 Å². The van der Waals surface area contributed by atoms with E-state index in [2.05, 4.69) is 45.5 Å². The van der Waals surface area contributed by atoms with Crippen molar-refractivity contribution in [3.63, 3.8) is 0 Å². The first-order valence-electron chi connectivity index (χ1n) is 9.23. The third kappa shape index (κ3) is 3.76. The number of hydrogen-bond donors (Lipinski definition) is 1. The van der Waals surface area contributed by atoms with Crippen LogP contribution in [0.4, 0.5) is 5.82 Å². The lowest BCUT2D eigenvalue weighted by atomic mass is 9.79. The van der Waals surface area contributed by atoms with Gasteiger partial charge in [-0.2, -0.15) is 0 Å². The van der Waals surface area contributed by atoms with Crippen molar-refractivity contribution in [3.8, 4) is 0 Å². The van der Waals surface area contributed by atoms with Gasteiger partial charge in [-0.05, 0) is 36.7 Å². The molecule has 2 aromatic rings. The molecule has 0 bridgehead atoms. The minimum absolute atomic E-state index is 0.0129. The van der Waals surface area contributed by atoms with E-state index in [1.165, 1.54) is 36.1 Å². The fourth-order valence-corrected chi connectivity index (χ4v) is 4.38. The molecule has 1 aliphatic heterocycles. The second kappa shape index (κ2) is 7.00. The SMILES string of the molecule is Cn1cnc(NC2CC[C@@H]3CN(Cc4ccccc4)C[C@@H]3C2)cc1=O. The van der Waals surface area contributed by atoms with Crippen LogP contribution in [0.25, 0.3) is 0 Å². The summed E-state index contributed by atoms with van der Waals surface area (Å²) in [5, 5.41) is 3.48. The Morgan fingerprint density at radius 1 is 1.16 bits per heavy atom. The van der Waals surface area contributed by atoms with Gasteiger partial charge >= 0.3 is 0 Å². The molecule has 4 rings (SSSR count). The molecule has 0 spiro atoms. The Labute approximate surface area is 148 Å². The highest BCUT2D eigenvalue weighted by atomic mass is 16.1. The maximum Gasteiger partial charge on any atom is 0.255 e. The number of nitrogens with zero attached hydrogens (tertiary/aromatic N) is 3. The number of anilines is 1. The lowest BCUT2D eigenvalue weighted by Crippen LogP contribution is -2.32. The van der Waals surface area contributed by atoms with Crippen LogP contribution in [-0.2, 0) is 13.6 Å². The van der Waals surface area contributed by atoms with Gasteiger partial charge in [0.1, 0.15) is 5.82 Å². The third-order valence-electron chi connectivity index (χ3n) is 5.70. The number of benzene rings is 1. The fourth-order valence-electron chi connectivity index (χ4n) is 4.38. The zero-order valence-electron chi connectivity index (χ0n) is 14.8. The Morgan fingerprint density at radius 3 is 2.76 bits per heavy atom. The average molecular weight is 338 g/mol. The topological polar surface area (TPSA) is 50.2 Å². The van der Waals surface area contributed by atoms with E-state index >= 15 is 0 Å². The maximum atomic E-state index is 11.8. The van der Waals surface area contributed by atoms with Crippen molar-refractivity contribution in [1.82, 2.24) is 14.5 Å². The summed E-state index contributed by atoms with van der Waals surface area (Å²) in [5.74, 6) is 2.28. The summed E-state index contributed by atoms with van der Waals surface area (Å²) in [4.78, 5) is 18.7. The van der Waals surface area contributed by atoms with Crippen LogP contribution in [0.15, 0.2) is 47.5 Å². The van der Waals surface area contributed by atoms with Gasteiger partial charge in [0, 0.05) is 38.8 Å². The molecule has 0 radical (unpaired) electrons. The zero-order chi connectivity index (χ0) is 17.2. The second-order valence-corrected chi connectivity index (χ2v) is 7.58. The van der Waals surface area contributed by atoms with Gasteiger partial charge in [0.15, 0.2) is 0 Å². The first-order valence-corrected chi connectivity index (χ1v) is 9.23. The highest BCUT2D eigenvalue weighted by Gasteiger charge is 2.37. The standard InChI is InChI=1S/C20H26N4O/c1-23-14-21-19(10-20(23)25)22-18-8-7-16-12-24(13-17(16)9-18)11-15-5-3-2-4-6-15/h2-6,10,14,16-18,22H,7-9,11-13H2,1H3/t16-,17+,18?/m1/s1. The van der Waals surface area contributed by atoms with Crippen molar-refractivity contribution >= 4 is 5.82 Å². The first kappa shape index (κ1) is 16.3. The Hall–Kier alpha value is -2.14. The van der Waals surface area contributed by atoms with Crippen LogP contribution < -0.4 is 10.9 Å². The largest absolute Gasteiger partial charge is 0.367 e. The molecule has 2 aliphatic rings. The number of hydrogen-bond acceptors (Lipinski definition) is 4. The molecule has 1 aliphatic carbocycles. The second-order valence-electron chi connectivity index (χ2n) is 7.58. The molecule has 1 saturated heterocycles. The molecule has 1 aromatic carbocycles. The van der Waals surface area contributed by atoms with Crippen LogP contribution in [0.2, 0.25) is 0 Å². The van der Waals surface area contributed by atoms with E-state index in [-0.39, 0.29) is 5.56 Å². The maximum absolute atomic E-state index is 11.8. The average Bonchev–Trinajstić information content (AvgIpc) is 3.00. The minimum atomic E-state index is -0.0129. The highest BCUT2D eigenvalue weighted by molar-refractivity contribution is 5.33. The van der Waals surface area contributed by atoms with Crippen LogP contribution in [-0.4, -0.2) is 33.6 Å². The van der Waals surface area contributed by atoms with Crippen molar-refractivity contribution in [2.45, 2.75) is 31.8 Å².